The molecule has 0 aromatic heterocycles. The molecule has 0 saturated heterocycles. The first-order chi connectivity index (χ1) is 6.13. The standard InChI is InChI=1S/C12H18N/c1-9(2)10(3)12(13)11-7-5-4-6-8-11/h4-5,7-10,12H,13H2,1-3H3. The van der Waals surface area contributed by atoms with Crippen LogP contribution in [0.3, 0.4) is 0 Å². The minimum absolute atomic E-state index is 0.137. The zero-order chi connectivity index (χ0) is 9.84. The monoisotopic (exact) mass is 176 g/mol. The molecule has 1 aromatic rings. The topological polar surface area (TPSA) is 26.0 Å². The highest BCUT2D eigenvalue weighted by Crippen LogP contribution is 2.24. The number of benzene rings is 1. The van der Waals surface area contributed by atoms with Crippen LogP contribution in [0, 0.1) is 17.9 Å². The number of hydrogen-bond donors (Lipinski definition) is 1. The molecule has 0 aliphatic heterocycles. The van der Waals surface area contributed by atoms with Crippen LogP contribution in [0.5, 0.6) is 0 Å². The molecule has 0 aliphatic rings. The molecule has 0 spiro atoms. The third-order valence-corrected chi connectivity index (χ3v) is 2.73. The first-order valence-corrected chi connectivity index (χ1v) is 4.84. The summed E-state index contributed by atoms with van der Waals surface area (Å²) < 4.78 is 0. The summed E-state index contributed by atoms with van der Waals surface area (Å²) in [5.74, 6) is 1.13. The molecule has 1 heteroatoms. The average molecular weight is 176 g/mol. The van der Waals surface area contributed by atoms with Gasteiger partial charge >= 0.3 is 0 Å². The second-order valence-electron chi connectivity index (χ2n) is 3.97. The highest BCUT2D eigenvalue weighted by molar-refractivity contribution is 5.18. The zero-order valence-electron chi connectivity index (χ0n) is 8.62. The molecule has 0 aliphatic carbocycles. The fourth-order valence-electron chi connectivity index (χ4n) is 1.33. The van der Waals surface area contributed by atoms with Gasteiger partial charge in [-0.3, -0.25) is 0 Å². The van der Waals surface area contributed by atoms with Gasteiger partial charge in [-0.2, -0.15) is 0 Å². The SMILES string of the molecule is CC(C)C(C)C(N)c1c[c]ccc1. The van der Waals surface area contributed by atoms with Gasteiger partial charge < -0.3 is 5.73 Å². The van der Waals surface area contributed by atoms with Crippen molar-refractivity contribution in [3.63, 3.8) is 0 Å². The smallest absolute Gasteiger partial charge is 0.0323 e. The van der Waals surface area contributed by atoms with E-state index in [-0.39, 0.29) is 6.04 Å². The fourth-order valence-corrected chi connectivity index (χ4v) is 1.33. The number of rotatable bonds is 3. The van der Waals surface area contributed by atoms with E-state index in [1.54, 1.807) is 0 Å². The van der Waals surface area contributed by atoms with Crippen LogP contribution in [0.4, 0.5) is 0 Å². The molecular weight excluding hydrogens is 158 g/mol. The van der Waals surface area contributed by atoms with E-state index >= 15 is 0 Å². The zero-order valence-corrected chi connectivity index (χ0v) is 8.62. The highest BCUT2D eigenvalue weighted by atomic mass is 14.6. The van der Waals surface area contributed by atoms with Crippen molar-refractivity contribution >= 4 is 0 Å². The quantitative estimate of drug-likeness (QED) is 0.753. The van der Waals surface area contributed by atoms with E-state index in [9.17, 15) is 0 Å². The first kappa shape index (κ1) is 10.3. The highest BCUT2D eigenvalue weighted by Gasteiger charge is 2.17. The van der Waals surface area contributed by atoms with Crippen molar-refractivity contribution in [2.45, 2.75) is 26.8 Å². The Kier molecular flexibility index (Phi) is 3.49. The fraction of sp³-hybridized carbons (Fsp3) is 0.500. The molecule has 0 fully saturated rings. The van der Waals surface area contributed by atoms with Crippen LogP contribution < -0.4 is 5.73 Å². The van der Waals surface area contributed by atoms with Crippen LogP contribution >= 0.6 is 0 Å². The Morgan fingerprint density at radius 1 is 1.31 bits per heavy atom. The molecule has 0 amide bonds. The molecule has 13 heavy (non-hydrogen) atoms. The predicted octanol–water partition coefficient (Wildman–Crippen LogP) is 2.78. The summed E-state index contributed by atoms with van der Waals surface area (Å²) in [5.41, 5.74) is 7.30. The van der Waals surface area contributed by atoms with Gasteiger partial charge in [-0.05, 0) is 29.5 Å². The van der Waals surface area contributed by atoms with Crippen molar-refractivity contribution in [2.75, 3.05) is 0 Å². The second-order valence-corrected chi connectivity index (χ2v) is 3.97. The second kappa shape index (κ2) is 4.43. The van der Waals surface area contributed by atoms with Gasteiger partial charge in [-0.15, -0.1) is 0 Å². The predicted molar refractivity (Wildman–Crippen MR) is 56.2 cm³/mol. The van der Waals surface area contributed by atoms with Gasteiger partial charge in [0.2, 0.25) is 0 Å². The maximum Gasteiger partial charge on any atom is 0.0323 e. The number of nitrogens with two attached hydrogens (primary N) is 1. The van der Waals surface area contributed by atoms with Gasteiger partial charge in [0.05, 0.1) is 0 Å². The van der Waals surface area contributed by atoms with Crippen LogP contribution in [0.25, 0.3) is 0 Å². The Labute approximate surface area is 81.0 Å². The molecule has 1 aromatic carbocycles. The van der Waals surface area contributed by atoms with E-state index in [0.717, 1.165) is 0 Å². The van der Waals surface area contributed by atoms with E-state index < -0.39 is 0 Å². The van der Waals surface area contributed by atoms with Gasteiger partial charge in [0.25, 0.3) is 0 Å². The number of hydrogen-bond acceptors (Lipinski definition) is 1. The maximum atomic E-state index is 6.12. The molecule has 1 radical (unpaired) electrons. The van der Waals surface area contributed by atoms with Crippen molar-refractivity contribution in [3.8, 4) is 0 Å². The third-order valence-electron chi connectivity index (χ3n) is 2.73. The minimum atomic E-state index is 0.137. The van der Waals surface area contributed by atoms with Crippen LogP contribution in [-0.2, 0) is 0 Å². The molecule has 0 bridgehead atoms. The van der Waals surface area contributed by atoms with E-state index in [1.807, 2.05) is 18.2 Å². The summed E-state index contributed by atoms with van der Waals surface area (Å²) in [5, 5.41) is 0. The van der Waals surface area contributed by atoms with E-state index in [2.05, 4.69) is 32.9 Å². The summed E-state index contributed by atoms with van der Waals surface area (Å²) in [6.07, 6.45) is 0. The van der Waals surface area contributed by atoms with E-state index in [1.165, 1.54) is 5.56 Å². The lowest BCUT2D eigenvalue weighted by Crippen LogP contribution is -2.22. The molecule has 1 rings (SSSR count). The van der Waals surface area contributed by atoms with Crippen LogP contribution in [0.15, 0.2) is 24.3 Å². The third kappa shape index (κ3) is 2.56. The van der Waals surface area contributed by atoms with Crippen LogP contribution in [0.2, 0.25) is 0 Å². The van der Waals surface area contributed by atoms with Gasteiger partial charge in [0.1, 0.15) is 0 Å². The average Bonchev–Trinajstić information content (AvgIpc) is 2.17. The summed E-state index contributed by atoms with van der Waals surface area (Å²) in [7, 11) is 0. The Morgan fingerprint density at radius 2 is 2.00 bits per heavy atom. The largest absolute Gasteiger partial charge is 0.324 e. The summed E-state index contributed by atoms with van der Waals surface area (Å²) in [6.45, 7) is 6.61. The lowest BCUT2D eigenvalue weighted by molar-refractivity contribution is 0.352. The Hall–Kier alpha value is -0.820. The molecular formula is C12H18N. The van der Waals surface area contributed by atoms with Gasteiger partial charge in [0, 0.05) is 6.04 Å². The van der Waals surface area contributed by atoms with Crippen LogP contribution in [-0.4, -0.2) is 0 Å². The Balaban J connectivity index is 2.73. The van der Waals surface area contributed by atoms with Crippen molar-refractivity contribution in [1.29, 1.82) is 0 Å². The summed E-state index contributed by atoms with van der Waals surface area (Å²) in [4.78, 5) is 0. The first-order valence-electron chi connectivity index (χ1n) is 4.84. The molecule has 2 N–H and O–H groups in total. The van der Waals surface area contributed by atoms with Crippen LogP contribution in [0.1, 0.15) is 32.4 Å². The van der Waals surface area contributed by atoms with Gasteiger partial charge in [-0.25, -0.2) is 0 Å². The summed E-state index contributed by atoms with van der Waals surface area (Å²) in [6, 6.07) is 11.1. The molecule has 0 saturated carbocycles. The minimum Gasteiger partial charge on any atom is -0.324 e. The van der Waals surface area contributed by atoms with E-state index in [0.29, 0.717) is 11.8 Å². The van der Waals surface area contributed by atoms with Crippen molar-refractivity contribution in [3.05, 3.63) is 35.9 Å². The van der Waals surface area contributed by atoms with Gasteiger partial charge in [0.15, 0.2) is 0 Å². The van der Waals surface area contributed by atoms with Gasteiger partial charge in [-0.1, -0.05) is 39.0 Å². The Morgan fingerprint density at radius 3 is 2.46 bits per heavy atom. The Bertz CT molecular complexity index is 241. The van der Waals surface area contributed by atoms with E-state index in [4.69, 9.17) is 5.73 Å². The van der Waals surface area contributed by atoms with Crippen molar-refractivity contribution in [1.82, 2.24) is 0 Å². The lowest BCUT2D eigenvalue weighted by atomic mass is 9.87. The molecule has 2 atom stereocenters. The summed E-state index contributed by atoms with van der Waals surface area (Å²) >= 11 is 0. The maximum absolute atomic E-state index is 6.12. The lowest BCUT2D eigenvalue weighted by Gasteiger charge is -2.23. The molecule has 0 heterocycles. The molecule has 2 unspecified atom stereocenters. The molecule has 1 nitrogen and oxygen atoms in total. The molecule has 71 valence electrons. The van der Waals surface area contributed by atoms with Crippen molar-refractivity contribution < 1.29 is 0 Å². The van der Waals surface area contributed by atoms with Crippen molar-refractivity contribution in [2.24, 2.45) is 17.6 Å². The normalized spacial score (nSPS) is 15.8.